The molecule has 15 heavy (non-hydrogen) atoms. The molecule has 0 saturated carbocycles. The number of rotatable bonds is 1. The minimum atomic E-state index is -0.731. The van der Waals surface area contributed by atoms with E-state index in [0.717, 1.165) is 0 Å². The molecule has 2 rings (SSSR count). The maximum absolute atomic E-state index is 11.7. The molecule has 0 aliphatic carbocycles. The normalized spacial score (nSPS) is 20.0. The van der Waals surface area contributed by atoms with Gasteiger partial charge in [-0.3, -0.25) is 4.79 Å². The smallest absolute Gasteiger partial charge is 0.270 e. The standard InChI is InChI=1S/C11H9N3O/c1-8-10(7-12)11(15)14(13-8)9-5-3-2-4-6-9/h2-6,10H,1H3. The molecule has 1 aromatic carbocycles. The summed E-state index contributed by atoms with van der Waals surface area (Å²) in [6.45, 7) is 1.69. The molecule has 0 aromatic heterocycles. The first-order valence-corrected chi connectivity index (χ1v) is 4.58. The van der Waals surface area contributed by atoms with Crippen molar-refractivity contribution in [1.82, 2.24) is 0 Å². The van der Waals surface area contributed by atoms with Crippen molar-refractivity contribution in [1.29, 1.82) is 5.26 Å². The lowest BCUT2D eigenvalue weighted by Gasteiger charge is -2.11. The Balaban J connectivity index is 2.36. The molecule has 0 radical (unpaired) electrons. The topological polar surface area (TPSA) is 56.5 Å². The van der Waals surface area contributed by atoms with Crippen molar-refractivity contribution in [3.8, 4) is 6.07 Å². The van der Waals surface area contributed by atoms with Gasteiger partial charge in [0.1, 0.15) is 0 Å². The van der Waals surface area contributed by atoms with Gasteiger partial charge in [0, 0.05) is 0 Å². The first kappa shape index (κ1) is 9.41. The van der Waals surface area contributed by atoms with Crippen molar-refractivity contribution >= 4 is 17.3 Å². The van der Waals surface area contributed by atoms with Gasteiger partial charge in [-0.25, -0.2) is 0 Å². The summed E-state index contributed by atoms with van der Waals surface area (Å²) in [6.07, 6.45) is 0. The molecule has 74 valence electrons. The summed E-state index contributed by atoms with van der Waals surface area (Å²) in [7, 11) is 0. The Hall–Kier alpha value is -2.15. The van der Waals surface area contributed by atoms with Crippen LogP contribution in [0.2, 0.25) is 0 Å². The van der Waals surface area contributed by atoms with E-state index in [-0.39, 0.29) is 5.91 Å². The largest absolute Gasteiger partial charge is 0.271 e. The quantitative estimate of drug-likeness (QED) is 0.689. The van der Waals surface area contributed by atoms with Crippen molar-refractivity contribution in [2.24, 2.45) is 11.0 Å². The molecule has 1 heterocycles. The Morgan fingerprint density at radius 2 is 2.07 bits per heavy atom. The molecule has 0 N–H and O–H groups in total. The van der Waals surface area contributed by atoms with E-state index in [2.05, 4.69) is 5.10 Å². The number of anilines is 1. The zero-order valence-corrected chi connectivity index (χ0v) is 8.21. The molecule has 1 atom stereocenters. The van der Waals surface area contributed by atoms with E-state index < -0.39 is 5.92 Å². The summed E-state index contributed by atoms with van der Waals surface area (Å²) < 4.78 is 0. The van der Waals surface area contributed by atoms with Crippen molar-refractivity contribution in [3.63, 3.8) is 0 Å². The van der Waals surface area contributed by atoms with Crippen LogP contribution in [0.15, 0.2) is 35.4 Å². The predicted molar refractivity (Wildman–Crippen MR) is 56.1 cm³/mol. The van der Waals surface area contributed by atoms with E-state index in [9.17, 15) is 4.79 Å². The number of hydrogen-bond acceptors (Lipinski definition) is 3. The van der Waals surface area contributed by atoms with Gasteiger partial charge in [-0.15, -0.1) is 0 Å². The van der Waals surface area contributed by atoms with E-state index in [1.165, 1.54) is 5.01 Å². The molecule has 1 aliphatic rings. The Morgan fingerprint density at radius 3 is 2.60 bits per heavy atom. The Morgan fingerprint density at radius 1 is 1.40 bits per heavy atom. The summed E-state index contributed by atoms with van der Waals surface area (Å²) >= 11 is 0. The van der Waals surface area contributed by atoms with E-state index in [1.54, 1.807) is 19.1 Å². The van der Waals surface area contributed by atoms with Gasteiger partial charge in [-0.05, 0) is 19.1 Å². The summed E-state index contributed by atoms with van der Waals surface area (Å²) in [5, 5.41) is 14.1. The van der Waals surface area contributed by atoms with Crippen LogP contribution in [0.5, 0.6) is 0 Å². The molecule has 0 bridgehead atoms. The Kier molecular flexibility index (Phi) is 2.22. The van der Waals surface area contributed by atoms with Crippen LogP contribution in [0.3, 0.4) is 0 Å². The van der Waals surface area contributed by atoms with Crippen LogP contribution in [-0.2, 0) is 4.79 Å². The first-order chi connectivity index (χ1) is 7.24. The summed E-state index contributed by atoms with van der Waals surface area (Å²) in [5.74, 6) is -1.01. The highest BCUT2D eigenvalue weighted by molar-refractivity contribution is 6.16. The van der Waals surface area contributed by atoms with Gasteiger partial charge >= 0.3 is 0 Å². The molecule has 4 heteroatoms. The van der Waals surface area contributed by atoms with Gasteiger partial charge in [-0.1, -0.05) is 18.2 Å². The third kappa shape index (κ3) is 1.48. The molecule has 1 amide bonds. The van der Waals surface area contributed by atoms with Crippen molar-refractivity contribution < 1.29 is 4.79 Å². The second-order valence-corrected chi connectivity index (χ2v) is 3.29. The molecular weight excluding hydrogens is 190 g/mol. The molecule has 0 fully saturated rings. The predicted octanol–water partition coefficient (Wildman–Crippen LogP) is 1.55. The van der Waals surface area contributed by atoms with E-state index in [0.29, 0.717) is 11.4 Å². The molecule has 1 aliphatic heterocycles. The van der Waals surface area contributed by atoms with Crippen molar-refractivity contribution in [2.45, 2.75) is 6.92 Å². The molecule has 4 nitrogen and oxygen atoms in total. The first-order valence-electron chi connectivity index (χ1n) is 4.58. The SMILES string of the molecule is CC1=NN(c2ccccc2)C(=O)C1C#N. The molecule has 0 saturated heterocycles. The molecule has 1 aromatic rings. The molecule has 1 unspecified atom stereocenters. The highest BCUT2D eigenvalue weighted by Crippen LogP contribution is 2.22. The maximum atomic E-state index is 11.7. The van der Waals surface area contributed by atoms with E-state index in [4.69, 9.17) is 5.26 Å². The summed E-state index contributed by atoms with van der Waals surface area (Å²) in [5.41, 5.74) is 1.24. The summed E-state index contributed by atoms with van der Waals surface area (Å²) in [6, 6.07) is 11.0. The average Bonchev–Trinajstić information content (AvgIpc) is 2.55. The third-order valence-electron chi connectivity index (χ3n) is 2.26. The van der Waals surface area contributed by atoms with E-state index in [1.807, 2.05) is 24.3 Å². The van der Waals surface area contributed by atoms with Crippen molar-refractivity contribution in [2.75, 3.05) is 5.01 Å². The second kappa shape index (κ2) is 3.54. The molecule has 0 spiro atoms. The number of hydrazone groups is 1. The van der Waals surface area contributed by atoms with Crippen LogP contribution in [-0.4, -0.2) is 11.6 Å². The second-order valence-electron chi connectivity index (χ2n) is 3.29. The highest BCUT2D eigenvalue weighted by atomic mass is 16.2. The van der Waals surface area contributed by atoms with Crippen LogP contribution >= 0.6 is 0 Å². The van der Waals surface area contributed by atoms with Crippen LogP contribution < -0.4 is 5.01 Å². The van der Waals surface area contributed by atoms with Gasteiger partial charge in [-0.2, -0.15) is 15.4 Å². The Bertz CT molecular complexity index is 458. The highest BCUT2D eigenvalue weighted by Gasteiger charge is 2.34. The zero-order chi connectivity index (χ0) is 10.8. The van der Waals surface area contributed by atoms with Gasteiger partial charge in [0.05, 0.1) is 17.5 Å². The lowest BCUT2D eigenvalue weighted by molar-refractivity contribution is -0.118. The minimum Gasteiger partial charge on any atom is -0.271 e. The lowest BCUT2D eigenvalue weighted by Crippen LogP contribution is -2.25. The number of hydrogen-bond donors (Lipinski definition) is 0. The number of amides is 1. The van der Waals surface area contributed by atoms with Gasteiger partial charge in [0.2, 0.25) is 0 Å². The van der Waals surface area contributed by atoms with Crippen LogP contribution in [0.4, 0.5) is 5.69 Å². The number of nitriles is 1. The fourth-order valence-corrected chi connectivity index (χ4v) is 1.47. The number of benzene rings is 1. The van der Waals surface area contributed by atoms with Crippen LogP contribution in [0.25, 0.3) is 0 Å². The number of nitrogens with zero attached hydrogens (tertiary/aromatic N) is 3. The number of carbonyl (C=O) groups excluding carboxylic acids is 1. The van der Waals surface area contributed by atoms with Gasteiger partial charge in [0.15, 0.2) is 5.92 Å². The Labute approximate surface area is 87.4 Å². The average molecular weight is 199 g/mol. The molecular formula is C11H9N3O. The third-order valence-corrected chi connectivity index (χ3v) is 2.26. The maximum Gasteiger partial charge on any atom is 0.270 e. The fraction of sp³-hybridized carbons (Fsp3) is 0.182. The lowest BCUT2D eigenvalue weighted by atomic mass is 10.1. The fourth-order valence-electron chi connectivity index (χ4n) is 1.47. The van der Waals surface area contributed by atoms with Gasteiger partial charge in [0.25, 0.3) is 5.91 Å². The monoisotopic (exact) mass is 199 g/mol. The van der Waals surface area contributed by atoms with Gasteiger partial charge < -0.3 is 0 Å². The minimum absolute atomic E-state index is 0.277. The van der Waals surface area contributed by atoms with Crippen LogP contribution in [0, 0.1) is 17.2 Å². The zero-order valence-electron chi connectivity index (χ0n) is 8.21. The number of para-hydroxylation sites is 1. The van der Waals surface area contributed by atoms with E-state index >= 15 is 0 Å². The number of carbonyl (C=O) groups is 1. The van der Waals surface area contributed by atoms with Crippen molar-refractivity contribution in [3.05, 3.63) is 30.3 Å². The summed E-state index contributed by atoms with van der Waals surface area (Å²) in [4.78, 5) is 11.7. The van der Waals surface area contributed by atoms with Crippen LogP contribution in [0.1, 0.15) is 6.92 Å².